The van der Waals surface area contributed by atoms with Crippen LogP contribution in [-0.2, 0) is 19.2 Å². The van der Waals surface area contributed by atoms with Crippen LogP contribution in [0.4, 0.5) is 5.69 Å². The molecule has 0 aliphatic rings. The molecule has 1 amide bonds. The van der Waals surface area contributed by atoms with E-state index in [4.69, 9.17) is 4.28 Å². The second-order valence-corrected chi connectivity index (χ2v) is 5.52. The van der Waals surface area contributed by atoms with Crippen LogP contribution >= 0.6 is 0 Å². The number of hydrogen-bond donors (Lipinski definition) is 0. The number of benzene rings is 2. The third-order valence-corrected chi connectivity index (χ3v) is 3.68. The molecule has 20 heavy (non-hydrogen) atoms. The van der Waals surface area contributed by atoms with E-state index in [1.54, 1.807) is 48.5 Å². The van der Waals surface area contributed by atoms with Gasteiger partial charge in [0, 0.05) is 6.92 Å². The summed E-state index contributed by atoms with van der Waals surface area (Å²) in [5.74, 6) is -0.532. The SMILES string of the molecule is CC(=O)N(OS(=O)(=O)c1ccccc1)c1ccccc1. The summed E-state index contributed by atoms with van der Waals surface area (Å²) in [6.07, 6.45) is 0. The average Bonchev–Trinajstić information content (AvgIpc) is 2.46. The van der Waals surface area contributed by atoms with Gasteiger partial charge >= 0.3 is 10.1 Å². The van der Waals surface area contributed by atoms with Gasteiger partial charge in [-0.2, -0.15) is 13.5 Å². The highest BCUT2D eigenvalue weighted by atomic mass is 32.2. The normalized spacial score (nSPS) is 11.1. The van der Waals surface area contributed by atoms with Crippen LogP contribution in [0, 0.1) is 0 Å². The van der Waals surface area contributed by atoms with Gasteiger partial charge in [-0.1, -0.05) is 36.4 Å². The topological polar surface area (TPSA) is 63.7 Å². The van der Waals surface area contributed by atoms with Crippen LogP contribution in [0.1, 0.15) is 6.92 Å². The number of hydroxylamine groups is 1. The molecule has 0 fully saturated rings. The van der Waals surface area contributed by atoms with E-state index in [-0.39, 0.29) is 4.90 Å². The molecule has 0 bridgehead atoms. The fourth-order valence-corrected chi connectivity index (χ4v) is 2.53. The molecule has 0 saturated carbocycles. The largest absolute Gasteiger partial charge is 0.318 e. The smallest absolute Gasteiger partial charge is 0.272 e. The van der Waals surface area contributed by atoms with Crippen LogP contribution in [0.15, 0.2) is 65.6 Å². The molecule has 0 aromatic heterocycles. The molecule has 0 saturated heterocycles. The lowest BCUT2D eigenvalue weighted by molar-refractivity contribution is -0.120. The van der Waals surface area contributed by atoms with Gasteiger partial charge in [0.05, 0.1) is 10.6 Å². The van der Waals surface area contributed by atoms with Gasteiger partial charge in [0.25, 0.3) is 0 Å². The first kappa shape index (κ1) is 14.2. The van der Waals surface area contributed by atoms with Gasteiger partial charge in [0.2, 0.25) is 5.91 Å². The van der Waals surface area contributed by atoms with Crippen molar-refractivity contribution >= 4 is 21.7 Å². The standard InChI is InChI=1S/C14H13NO4S/c1-12(16)15(13-8-4-2-5-9-13)19-20(17,18)14-10-6-3-7-11-14/h2-11H,1H3. The van der Waals surface area contributed by atoms with Crippen LogP contribution in [0.3, 0.4) is 0 Å². The minimum atomic E-state index is -4.05. The van der Waals surface area contributed by atoms with E-state index in [2.05, 4.69) is 0 Å². The molecule has 2 aromatic carbocycles. The first-order chi connectivity index (χ1) is 9.50. The Morgan fingerprint density at radius 2 is 1.45 bits per heavy atom. The van der Waals surface area contributed by atoms with Crippen molar-refractivity contribution in [2.45, 2.75) is 11.8 Å². The van der Waals surface area contributed by atoms with Gasteiger partial charge in [-0.25, -0.2) is 0 Å². The van der Waals surface area contributed by atoms with Crippen LogP contribution in [-0.4, -0.2) is 14.3 Å². The fraction of sp³-hybridized carbons (Fsp3) is 0.0714. The molecule has 0 heterocycles. The van der Waals surface area contributed by atoms with Crippen LogP contribution < -0.4 is 5.06 Å². The number of para-hydroxylation sites is 1. The van der Waals surface area contributed by atoms with E-state index < -0.39 is 16.0 Å². The van der Waals surface area contributed by atoms with Crippen molar-refractivity contribution in [2.24, 2.45) is 0 Å². The second kappa shape index (κ2) is 5.85. The Balaban J connectivity index is 2.33. The van der Waals surface area contributed by atoms with Gasteiger partial charge in [0.1, 0.15) is 0 Å². The lowest BCUT2D eigenvalue weighted by Gasteiger charge is -2.19. The van der Waals surface area contributed by atoms with Crippen molar-refractivity contribution in [2.75, 3.05) is 5.06 Å². The van der Waals surface area contributed by atoms with Crippen molar-refractivity contribution < 1.29 is 17.5 Å². The lowest BCUT2D eigenvalue weighted by atomic mass is 10.3. The highest BCUT2D eigenvalue weighted by Crippen LogP contribution is 2.19. The molecule has 0 aliphatic heterocycles. The Hall–Kier alpha value is -2.18. The number of nitrogens with zero attached hydrogens (tertiary/aromatic N) is 1. The Bertz CT molecular complexity index is 684. The third kappa shape index (κ3) is 3.23. The maximum Gasteiger partial charge on any atom is 0.318 e. The van der Waals surface area contributed by atoms with E-state index >= 15 is 0 Å². The minimum Gasteiger partial charge on any atom is -0.272 e. The number of anilines is 1. The number of rotatable bonds is 4. The highest BCUT2D eigenvalue weighted by Gasteiger charge is 2.23. The third-order valence-electron chi connectivity index (χ3n) is 2.48. The molecule has 0 atom stereocenters. The highest BCUT2D eigenvalue weighted by molar-refractivity contribution is 7.86. The zero-order chi connectivity index (χ0) is 14.6. The van der Waals surface area contributed by atoms with E-state index in [0.717, 1.165) is 5.06 Å². The molecule has 0 N–H and O–H groups in total. The van der Waals surface area contributed by atoms with Crippen molar-refractivity contribution in [1.82, 2.24) is 0 Å². The molecule has 2 rings (SSSR count). The predicted molar refractivity (Wildman–Crippen MR) is 74.3 cm³/mol. The summed E-state index contributed by atoms with van der Waals surface area (Å²) in [7, 11) is -4.05. The summed E-state index contributed by atoms with van der Waals surface area (Å²) in [4.78, 5) is 11.6. The molecule has 0 unspecified atom stereocenters. The molecule has 0 aliphatic carbocycles. The fourth-order valence-electron chi connectivity index (χ4n) is 1.57. The monoisotopic (exact) mass is 291 g/mol. The van der Waals surface area contributed by atoms with Crippen LogP contribution in [0.2, 0.25) is 0 Å². The molecule has 2 aromatic rings. The van der Waals surface area contributed by atoms with E-state index in [0.29, 0.717) is 5.69 Å². The average molecular weight is 291 g/mol. The maximum absolute atomic E-state index is 12.1. The summed E-state index contributed by atoms with van der Waals surface area (Å²) in [5, 5.41) is 0.752. The quantitative estimate of drug-likeness (QED) is 0.811. The van der Waals surface area contributed by atoms with Gasteiger partial charge in [0.15, 0.2) is 0 Å². The van der Waals surface area contributed by atoms with Gasteiger partial charge in [-0.15, -0.1) is 4.28 Å². The predicted octanol–water partition coefficient (Wildman–Crippen LogP) is 2.36. The lowest BCUT2D eigenvalue weighted by Crippen LogP contribution is -2.31. The molecular formula is C14H13NO4S. The number of carbonyl (C=O) groups excluding carboxylic acids is 1. The van der Waals surface area contributed by atoms with Gasteiger partial charge < -0.3 is 0 Å². The van der Waals surface area contributed by atoms with Gasteiger partial charge in [-0.3, -0.25) is 4.79 Å². The van der Waals surface area contributed by atoms with Gasteiger partial charge in [-0.05, 0) is 24.3 Å². The summed E-state index contributed by atoms with van der Waals surface area (Å²) >= 11 is 0. The van der Waals surface area contributed by atoms with E-state index in [1.165, 1.54) is 19.1 Å². The summed E-state index contributed by atoms with van der Waals surface area (Å²) in [6, 6.07) is 16.0. The zero-order valence-electron chi connectivity index (χ0n) is 10.8. The number of carbonyl (C=O) groups is 1. The Kier molecular flexibility index (Phi) is 4.16. The Morgan fingerprint density at radius 1 is 0.950 bits per heavy atom. The van der Waals surface area contributed by atoms with Crippen molar-refractivity contribution in [3.63, 3.8) is 0 Å². The summed E-state index contributed by atoms with van der Waals surface area (Å²) in [5.41, 5.74) is 0.347. The Morgan fingerprint density at radius 3 is 1.95 bits per heavy atom. The molecule has 0 radical (unpaired) electrons. The molecule has 0 spiro atoms. The zero-order valence-corrected chi connectivity index (χ0v) is 11.6. The van der Waals surface area contributed by atoms with Crippen LogP contribution in [0.5, 0.6) is 0 Å². The summed E-state index contributed by atoms with van der Waals surface area (Å²) < 4.78 is 29.1. The van der Waals surface area contributed by atoms with Crippen LogP contribution in [0.25, 0.3) is 0 Å². The number of amides is 1. The molecule has 104 valence electrons. The van der Waals surface area contributed by atoms with Crippen molar-refractivity contribution in [3.05, 3.63) is 60.7 Å². The van der Waals surface area contributed by atoms with E-state index in [1.807, 2.05) is 0 Å². The first-order valence-corrected chi connectivity index (χ1v) is 7.27. The van der Waals surface area contributed by atoms with E-state index in [9.17, 15) is 13.2 Å². The molecule has 6 heteroatoms. The molecular weight excluding hydrogens is 278 g/mol. The maximum atomic E-state index is 12.1. The summed E-state index contributed by atoms with van der Waals surface area (Å²) in [6.45, 7) is 1.23. The number of hydrogen-bond acceptors (Lipinski definition) is 4. The Labute approximate surface area is 117 Å². The molecule has 5 nitrogen and oxygen atoms in total. The van der Waals surface area contributed by atoms with Crippen molar-refractivity contribution in [3.8, 4) is 0 Å². The first-order valence-electron chi connectivity index (χ1n) is 5.86. The minimum absolute atomic E-state index is 0.0119. The van der Waals surface area contributed by atoms with Crippen molar-refractivity contribution in [1.29, 1.82) is 0 Å². The second-order valence-electron chi connectivity index (χ2n) is 3.99.